The summed E-state index contributed by atoms with van der Waals surface area (Å²) in [6.07, 6.45) is 0. The topological polar surface area (TPSA) is 67.4 Å². The maximum absolute atomic E-state index is 12.3. The van der Waals surface area contributed by atoms with E-state index in [2.05, 4.69) is 26.6 Å². The van der Waals surface area contributed by atoms with Crippen molar-refractivity contribution in [3.05, 3.63) is 54.1 Å². The number of methoxy groups -OCH3 is 1. The Labute approximate surface area is 143 Å². The van der Waals surface area contributed by atoms with Crippen LogP contribution >= 0.6 is 15.9 Å². The highest BCUT2D eigenvalue weighted by molar-refractivity contribution is 9.10. The molecule has 0 saturated heterocycles. The van der Waals surface area contributed by atoms with E-state index in [1.165, 1.54) is 7.11 Å². The second kappa shape index (κ2) is 7.78. The van der Waals surface area contributed by atoms with Crippen LogP contribution in [0.1, 0.15) is 17.3 Å². The molecular formula is C17H17BrN2O3. The molecular weight excluding hydrogens is 360 g/mol. The number of nitrogens with one attached hydrogen (secondary N) is 2. The van der Waals surface area contributed by atoms with Crippen LogP contribution in [0.3, 0.4) is 0 Å². The van der Waals surface area contributed by atoms with Crippen LogP contribution in [0.25, 0.3) is 0 Å². The molecule has 0 aromatic heterocycles. The molecule has 0 aliphatic carbocycles. The minimum atomic E-state index is -0.353. The van der Waals surface area contributed by atoms with Gasteiger partial charge in [0.25, 0.3) is 5.91 Å². The predicted octanol–water partition coefficient (Wildman–Crippen LogP) is 3.67. The van der Waals surface area contributed by atoms with Gasteiger partial charge in [-0.05, 0) is 37.3 Å². The molecule has 5 nitrogen and oxygen atoms in total. The summed E-state index contributed by atoms with van der Waals surface area (Å²) in [6, 6.07) is 14.0. The summed E-state index contributed by atoms with van der Waals surface area (Å²) in [5.74, 6) is 0.00733. The van der Waals surface area contributed by atoms with Crippen LogP contribution in [0.5, 0.6) is 5.75 Å². The van der Waals surface area contributed by atoms with Crippen LogP contribution in [0, 0.1) is 0 Å². The van der Waals surface area contributed by atoms with Crippen molar-refractivity contribution in [2.24, 2.45) is 0 Å². The summed E-state index contributed by atoms with van der Waals surface area (Å²) in [7, 11) is 1.51. The van der Waals surface area contributed by atoms with Crippen LogP contribution in [-0.2, 0) is 4.79 Å². The van der Waals surface area contributed by atoms with Gasteiger partial charge in [0.1, 0.15) is 5.75 Å². The fourth-order valence-electron chi connectivity index (χ4n) is 1.90. The average molecular weight is 377 g/mol. The normalized spacial score (nSPS) is 11.4. The molecule has 0 saturated carbocycles. The van der Waals surface area contributed by atoms with Gasteiger partial charge >= 0.3 is 0 Å². The monoisotopic (exact) mass is 376 g/mol. The van der Waals surface area contributed by atoms with E-state index in [1.54, 1.807) is 37.3 Å². The zero-order chi connectivity index (χ0) is 16.8. The van der Waals surface area contributed by atoms with Crippen molar-refractivity contribution in [1.82, 2.24) is 0 Å². The van der Waals surface area contributed by atoms with E-state index in [0.717, 1.165) is 0 Å². The molecule has 2 rings (SSSR count). The molecule has 2 aromatic carbocycles. The molecule has 2 aromatic rings. The molecule has 0 aliphatic heterocycles. The van der Waals surface area contributed by atoms with E-state index in [4.69, 9.17) is 4.74 Å². The minimum Gasteiger partial charge on any atom is -0.495 e. The number of hydrogen-bond acceptors (Lipinski definition) is 3. The quantitative estimate of drug-likeness (QED) is 0.782. The number of hydrogen-bond donors (Lipinski definition) is 2. The fourth-order valence-corrected chi connectivity index (χ4v) is 2.02. The highest BCUT2D eigenvalue weighted by Crippen LogP contribution is 2.26. The number of ether oxygens (including phenoxy) is 1. The molecule has 1 unspecified atom stereocenters. The van der Waals surface area contributed by atoms with E-state index in [-0.39, 0.29) is 16.6 Å². The molecule has 0 fully saturated rings. The standard InChI is InChI=1S/C17H17BrN2O3/c1-11(18)16(21)20-14-10-12(8-9-15(14)23-2)17(22)19-13-6-4-3-5-7-13/h3-11H,1-2H3,(H,19,22)(H,20,21). The second-order valence-corrected chi connectivity index (χ2v) is 6.21. The van der Waals surface area contributed by atoms with Gasteiger partial charge in [-0.1, -0.05) is 34.1 Å². The first-order chi connectivity index (χ1) is 11.0. The highest BCUT2D eigenvalue weighted by Gasteiger charge is 2.15. The number of halogens is 1. The lowest BCUT2D eigenvalue weighted by atomic mass is 10.1. The molecule has 1 atom stereocenters. The van der Waals surface area contributed by atoms with Gasteiger partial charge in [-0.2, -0.15) is 0 Å². The van der Waals surface area contributed by atoms with Gasteiger partial charge in [0.2, 0.25) is 5.91 Å². The van der Waals surface area contributed by atoms with Crippen LogP contribution in [0.4, 0.5) is 11.4 Å². The van der Waals surface area contributed by atoms with E-state index < -0.39 is 0 Å². The number of anilines is 2. The van der Waals surface area contributed by atoms with Crippen molar-refractivity contribution in [2.45, 2.75) is 11.8 Å². The number of rotatable bonds is 5. The second-order valence-electron chi connectivity index (χ2n) is 4.84. The Kier molecular flexibility index (Phi) is 5.76. The van der Waals surface area contributed by atoms with Gasteiger partial charge in [0.15, 0.2) is 0 Å². The third-order valence-corrected chi connectivity index (χ3v) is 3.53. The third kappa shape index (κ3) is 4.56. The minimum absolute atomic E-state index is 0.219. The number of alkyl halides is 1. The van der Waals surface area contributed by atoms with Gasteiger partial charge in [0, 0.05) is 11.3 Å². The molecule has 2 N–H and O–H groups in total. The summed E-state index contributed by atoms with van der Waals surface area (Å²) in [4.78, 5) is 23.8. The van der Waals surface area contributed by atoms with Gasteiger partial charge in [-0.15, -0.1) is 0 Å². The first-order valence-corrected chi connectivity index (χ1v) is 7.92. The number of carbonyl (C=O) groups is 2. The van der Waals surface area contributed by atoms with Crippen molar-refractivity contribution in [3.8, 4) is 5.75 Å². The Balaban J connectivity index is 2.22. The molecule has 120 valence electrons. The zero-order valence-corrected chi connectivity index (χ0v) is 14.4. The highest BCUT2D eigenvalue weighted by atomic mass is 79.9. The molecule has 0 spiro atoms. The predicted molar refractivity (Wildman–Crippen MR) is 94.4 cm³/mol. The SMILES string of the molecule is COc1ccc(C(=O)Nc2ccccc2)cc1NC(=O)C(C)Br. The Hall–Kier alpha value is -2.34. The van der Waals surface area contributed by atoms with E-state index in [0.29, 0.717) is 22.7 Å². The van der Waals surface area contributed by atoms with E-state index in [9.17, 15) is 9.59 Å². The summed E-state index contributed by atoms with van der Waals surface area (Å²) >= 11 is 3.20. The summed E-state index contributed by atoms with van der Waals surface area (Å²) in [5.41, 5.74) is 1.57. The van der Waals surface area contributed by atoms with Crippen LogP contribution in [0.2, 0.25) is 0 Å². The Bertz CT molecular complexity index is 702. The Morgan fingerprint density at radius 3 is 2.39 bits per heavy atom. The van der Waals surface area contributed by atoms with E-state index >= 15 is 0 Å². The van der Waals surface area contributed by atoms with Crippen molar-refractivity contribution in [3.63, 3.8) is 0 Å². The molecule has 0 aliphatic rings. The zero-order valence-electron chi connectivity index (χ0n) is 12.8. The molecule has 2 amide bonds. The number of benzene rings is 2. The number of amides is 2. The third-order valence-electron chi connectivity index (χ3n) is 3.11. The first kappa shape index (κ1) is 17.0. The lowest BCUT2D eigenvalue weighted by Gasteiger charge is -2.13. The summed E-state index contributed by atoms with van der Waals surface area (Å²) in [5, 5.41) is 5.53. The van der Waals surface area contributed by atoms with Crippen LogP contribution in [-0.4, -0.2) is 23.8 Å². The molecule has 6 heteroatoms. The average Bonchev–Trinajstić information content (AvgIpc) is 2.55. The molecule has 0 bridgehead atoms. The lowest BCUT2D eigenvalue weighted by Crippen LogP contribution is -2.21. The Morgan fingerprint density at radius 1 is 1.09 bits per heavy atom. The molecule has 0 heterocycles. The number of carbonyl (C=O) groups excluding carboxylic acids is 2. The van der Waals surface area contributed by atoms with Gasteiger partial charge in [-0.25, -0.2) is 0 Å². The number of para-hydroxylation sites is 1. The van der Waals surface area contributed by atoms with Crippen LogP contribution < -0.4 is 15.4 Å². The van der Waals surface area contributed by atoms with Gasteiger partial charge < -0.3 is 15.4 Å². The van der Waals surface area contributed by atoms with Gasteiger partial charge in [0.05, 0.1) is 17.6 Å². The van der Waals surface area contributed by atoms with E-state index in [1.807, 2.05) is 18.2 Å². The summed E-state index contributed by atoms with van der Waals surface area (Å²) in [6.45, 7) is 1.72. The van der Waals surface area contributed by atoms with Crippen molar-refractivity contribution in [2.75, 3.05) is 17.7 Å². The van der Waals surface area contributed by atoms with Crippen molar-refractivity contribution < 1.29 is 14.3 Å². The molecule has 0 radical (unpaired) electrons. The summed E-state index contributed by atoms with van der Waals surface area (Å²) < 4.78 is 5.22. The van der Waals surface area contributed by atoms with Crippen molar-refractivity contribution >= 4 is 39.1 Å². The molecule has 23 heavy (non-hydrogen) atoms. The fraction of sp³-hybridized carbons (Fsp3) is 0.176. The van der Waals surface area contributed by atoms with Crippen LogP contribution in [0.15, 0.2) is 48.5 Å². The maximum atomic E-state index is 12.3. The van der Waals surface area contributed by atoms with Gasteiger partial charge in [-0.3, -0.25) is 9.59 Å². The largest absolute Gasteiger partial charge is 0.495 e. The first-order valence-electron chi connectivity index (χ1n) is 7.00. The van der Waals surface area contributed by atoms with Crippen molar-refractivity contribution in [1.29, 1.82) is 0 Å². The smallest absolute Gasteiger partial charge is 0.255 e. The Morgan fingerprint density at radius 2 is 1.78 bits per heavy atom. The maximum Gasteiger partial charge on any atom is 0.255 e. The lowest BCUT2D eigenvalue weighted by molar-refractivity contribution is -0.115.